The molecule has 0 radical (unpaired) electrons. The van der Waals surface area contributed by atoms with Crippen molar-refractivity contribution in [1.82, 2.24) is 9.55 Å². The summed E-state index contributed by atoms with van der Waals surface area (Å²) in [7, 11) is 1.60. The molecule has 3 rings (SSSR count). The van der Waals surface area contributed by atoms with Crippen molar-refractivity contribution in [1.29, 1.82) is 0 Å². The maximum Gasteiger partial charge on any atom is 0.257 e. The first-order valence-corrected chi connectivity index (χ1v) is 7.39. The minimum Gasteiger partial charge on any atom is -0.456 e. The summed E-state index contributed by atoms with van der Waals surface area (Å²) < 4.78 is 19.8. The third-order valence-electron chi connectivity index (χ3n) is 3.39. The number of aromatic nitrogens is 2. The van der Waals surface area contributed by atoms with Crippen molar-refractivity contribution in [2.75, 3.05) is 5.32 Å². The monoisotopic (exact) mass is 339 g/mol. The summed E-state index contributed by atoms with van der Waals surface area (Å²) in [5, 5.41) is 2.60. The van der Waals surface area contributed by atoms with Crippen molar-refractivity contribution in [2.45, 2.75) is 0 Å². The first kappa shape index (κ1) is 16.4. The Morgan fingerprint density at radius 2 is 1.84 bits per heavy atom. The predicted molar refractivity (Wildman–Crippen MR) is 90.3 cm³/mol. The molecule has 0 unspecified atom stereocenters. The van der Waals surface area contributed by atoms with Crippen molar-refractivity contribution in [2.24, 2.45) is 7.05 Å². The smallest absolute Gasteiger partial charge is 0.257 e. The Kier molecular flexibility index (Phi) is 4.56. The number of carbonyl (C=O) groups is 1. The number of halogens is 1. The molecule has 1 aromatic carbocycles. The molecule has 0 atom stereocenters. The Bertz CT molecular complexity index is 951. The van der Waals surface area contributed by atoms with Gasteiger partial charge in [0.05, 0.1) is 6.20 Å². The van der Waals surface area contributed by atoms with E-state index < -0.39 is 5.91 Å². The summed E-state index contributed by atoms with van der Waals surface area (Å²) in [4.78, 5) is 27.8. The fraction of sp³-hybridized carbons (Fsp3) is 0.0556. The van der Waals surface area contributed by atoms with Crippen LogP contribution in [0.3, 0.4) is 0 Å². The van der Waals surface area contributed by atoms with E-state index in [0.717, 1.165) is 0 Å². The summed E-state index contributed by atoms with van der Waals surface area (Å²) in [5.41, 5.74) is -0.0276. The minimum absolute atomic E-state index is 0.247. The van der Waals surface area contributed by atoms with E-state index in [9.17, 15) is 14.0 Å². The quantitative estimate of drug-likeness (QED) is 0.793. The van der Waals surface area contributed by atoms with Crippen LogP contribution in [-0.2, 0) is 7.05 Å². The van der Waals surface area contributed by atoms with Gasteiger partial charge in [0.2, 0.25) is 0 Å². The number of benzene rings is 1. The first-order valence-electron chi connectivity index (χ1n) is 7.39. The van der Waals surface area contributed by atoms with E-state index in [1.165, 1.54) is 47.3 Å². The summed E-state index contributed by atoms with van der Waals surface area (Å²) in [6.45, 7) is 0. The summed E-state index contributed by atoms with van der Waals surface area (Å²) in [6, 6.07) is 11.6. The van der Waals surface area contributed by atoms with Gasteiger partial charge in [-0.3, -0.25) is 9.59 Å². The largest absolute Gasteiger partial charge is 0.456 e. The van der Waals surface area contributed by atoms with Crippen LogP contribution in [-0.4, -0.2) is 15.5 Å². The average molecular weight is 339 g/mol. The highest BCUT2D eigenvalue weighted by molar-refractivity contribution is 6.03. The zero-order chi connectivity index (χ0) is 17.8. The Morgan fingerprint density at radius 3 is 2.48 bits per heavy atom. The minimum atomic E-state index is -0.433. The third-order valence-corrected chi connectivity index (χ3v) is 3.39. The van der Waals surface area contributed by atoms with Crippen LogP contribution in [0.2, 0.25) is 0 Å². The van der Waals surface area contributed by atoms with Crippen LogP contribution >= 0.6 is 0 Å². The van der Waals surface area contributed by atoms with Gasteiger partial charge < -0.3 is 14.6 Å². The van der Waals surface area contributed by atoms with E-state index in [0.29, 0.717) is 17.3 Å². The number of nitrogens with one attached hydrogen (secondary N) is 1. The van der Waals surface area contributed by atoms with E-state index in [1.54, 1.807) is 25.2 Å². The number of nitrogens with zero attached hydrogens (tertiary/aromatic N) is 2. The summed E-state index contributed by atoms with van der Waals surface area (Å²) in [6.07, 6.45) is 2.95. The molecule has 0 aliphatic rings. The number of carbonyl (C=O) groups excluding carboxylic acids is 1. The van der Waals surface area contributed by atoms with Gasteiger partial charge in [-0.25, -0.2) is 9.37 Å². The van der Waals surface area contributed by atoms with Gasteiger partial charge in [-0.2, -0.15) is 0 Å². The number of rotatable bonds is 4. The molecule has 0 bridgehead atoms. The lowest BCUT2D eigenvalue weighted by Gasteiger charge is -2.07. The molecular weight excluding hydrogens is 325 g/mol. The standard InChI is InChI=1S/C18H14FN3O3/c1-22-9-8-12(10-17(22)23)18(24)21-16-7-6-15(11-20-16)25-14-4-2-13(19)3-5-14/h2-11H,1H3,(H,20,21,24). The fourth-order valence-electron chi connectivity index (χ4n) is 2.03. The second kappa shape index (κ2) is 6.96. The van der Waals surface area contributed by atoms with Gasteiger partial charge in [-0.1, -0.05) is 0 Å². The van der Waals surface area contributed by atoms with Gasteiger partial charge in [-0.15, -0.1) is 0 Å². The number of amides is 1. The Hall–Kier alpha value is -3.48. The molecule has 0 spiro atoms. The molecule has 1 N–H and O–H groups in total. The maximum atomic E-state index is 12.9. The molecule has 3 aromatic rings. The normalized spacial score (nSPS) is 10.3. The molecule has 6 nitrogen and oxygen atoms in total. The SMILES string of the molecule is Cn1ccc(C(=O)Nc2ccc(Oc3ccc(F)cc3)cn2)cc1=O. The van der Waals surface area contributed by atoms with Gasteiger partial charge in [-0.05, 0) is 42.5 Å². The van der Waals surface area contributed by atoms with Gasteiger partial charge in [0, 0.05) is 24.9 Å². The number of hydrogen-bond acceptors (Lipinski definition) is 4. The highest BCUT2D eigenvalue weighted by atomic mass is 19.1. The van der Waals surface area contributed by atoms with Crippen LogP contribution in [0.15, 0.2) is 65.7 Å². The fourth-order valence-corrected chi connectivity index (χ4v) is 2.03. The van der Waals surface area contributed by atoms with Crippen molar-refractivity contribution in [3.8, 4) is 11.5 Å². The van der Waals surface area contributed by atoms with Gasteiger partial charge in [0.15, 0.2) is 0 Å². The Balaban J connectivity index is 1.67. The van der Waals surface area contributed by atoms with Crippen molar-refractivity contribution in [3.05, 3.63) is 82.7 Å². The molecule has 0 aliphatic heterocycles. The molecule has 1 amide bonds. The molecule has 0 saturated heterocycles. The molecule has 25 heavy (non-hydrogen) atoms. The van der Waals surface area contributed by atoms with E-state index in [-0.39, 0.29) is 16.9 Å². The van der Waals surface area contributed by atoms with Crippen molar-refractivity contribution in [3.63, 3.8) is 0 Å². The number of ether oxygens (including phenoxy) is 1. The summed E-state index contributed by atoms with van der Waals surface area (Å²) >= 11 is 0. The molecule has 0 aliphatic carbocycles. The highest BCUT2D eigenvalue weighted by Crippen LogP contribution is 2.21. The topological polar surface area (TPSA) is 73.2 Å². The molecule has 126 valence electrons. The Morgan fingerprint density at radius 1 is 1.12 bits per heavy atom. The van der Waals surface area contributed by atoms with Crippen LogP contribution in [0.25, 0.3) is 0 Å². The number of pyridine rings is 2. The summed E-state index contributed by atoms with van der Waals surface area (Å²) in [5.74, 6) is 0.451. The van der Waals surface area contributed by atoms with Gasteiger partial charge in [0.25, 0.3) is 11.5 Å². The molecule has 0 fully saturated rings. The Labute approximate surface area is 142 Å². The van der Waals surface area contributed by atoms with Crippen LogP contribution < -0.4 is 15.6 Å². The number of hydrogen-bond donors (Lipinski definition) is 1. The number of aryl methyl sites for hydroxylation is 1. The molecule has 7 heteroatoms. The van der Waals surface area contributed by atoms with E-state index >= 15 is 0 Å². The highest BCUT2D eigenvalue weighted by Gasteiger charge is 2.08. The van der Waals surface area contributed by atoms with Crippen LogP contribution in [0.5, 0.6) is 11.5 Å². The lowest BCUT2D eigenvalue weighted by atomic mass is 10.2. The van der Waals surface area contributed by atoms with E-state index in [2.05, 4.69) is 10.3 Å². The third kappa shape index (κ3) is 4.08. The van der Waals surface area contributed by atoms with Gasteiger partial charge >= 0.3 is 0 Å². The predicted octanol–water partition coefficient (Wildman–Crippen LogP) is 2.96. The van der Waals surface area contributed by atoms with Crippen LogP contribution in [0.1, 0.15) is 10.4 Å². The van der Waals surface area contributed by atoms with Crippen molar-refractivity contribution >= 4 is 11.7 Å². The zero-order valence-electron chi connectivity index (χ0n) is 13.3. The van der Waals surface area contributed by atoms with E-state index in [1.807, 2.05) is 0 Å². The molecule has 0 saturated carbocycles. The second-order valence-electron chi connectivity index (χ2n) is 5.25. The lowest BCUT2D eigenvalue weighted by Crippen LogP contribution is -2.20. The van der Waals surface area contributed by atoms with Crippen LogP contribution in [0.4, 0.5) is 10.2 Å². The maximum absolute atomic E-state index is 12.9. The second-order valence-corrected chi connectivity index (χ2v) is 5.25. The first-order chi connectivity index (χ1) is 12.0. The number of anilines is 1. The lowest BCUT2D eigenvalue weighted by molar-refractivity contribution is 0.102. The molecular formula is C18H14FN3O3. The molecule has 2 aromatic heterocycles. The van der Waals surface area contributed by atoms with Crippen LogP contribution in [0, 0.1) is 5.82 Å². The zero-order valence-corrected chi connectivity index (χ0v) is 13.3. The molecule has 2 heterocycles. The van der Waals surface area contributed by atoms with Crippen molar-refractivity contribution < 1.29 is 13.9 Å². The van der Waals surface area contributed by atoms with E-state index in [4.69, 9.17) is 4.74 Å². The van der Waals surface area contributed by atoms with Gasteiger partial charge in [0.1, 0.15) is 23.1 Å². The average Bonchev–Trinajstić information content (AvgIpc) is 2.61.